The second-order valence-electron chi connectivity index (χ2n) is 9.52. The Morgan fingerprint density at radius 1 is 0.976 bits per heavy atom. The molecule has 1 aromatic carbocycles. The molecule has 0 bridgehead atoms. The number of hydrogen-bond donors (Lipinski definition) is 2. The summed E-state index contributed by atoms with van der Waals surface area (Å²) in [6, 6.07) is 7.03. The molecule has 13 nitrogen and oxygen atoms in total. The highest BCUT2D eigenvalue weighted by atomic mass is 32.2. The molecule has 14 heteroatoms. The Morgan fingerprint density at radius 3 is 2.22 bits per heavy atom. The van der Waals surface area contributed by atoms with E-state index >= 15 is 0 Å². The minimum absolute atomic E-state index is 0.116. The average molecular weight is 584 g/mol. The van der Waals surface area contributed by atoms with E-state index in [0.717, 1.165) is 11.1 Å². The Labute approximate surface area is 238 Å². The van der Waals surface area contributed by atoms with Gasteiger partial charge in [0.25, 0.3) is 0 Å². The van der Waals surface area contributed by atoms with Crippen LogP contribution in [0.2, 0.25) is 0 Å². The Hall–Kier alpha value is -4.14. The van der Waals surface area contributed by atoms with Crippen LogP contribution < -0.4 is 14.2 Å². The maximum absolute atomic E-state index is 13.9. The summed E-state index contributed by atoms with van der Waals surface area (Å²) >= 11 is 0. The molecule has 4 rings (SSSR count). The summed E-state index contributed by atoms with van der Waals surface area (Å²) in [6.07, 6.45) is 4.50. The van der Waals surface area contributed by atoms with Crippen LogP contribution in [0.4, 0.5) is 5.95 Å². The van der Waals surface area contributed by atoms with Crippen molar-refractivity contribution in [2.24, 2.45) is 0 Å². The molecule has 0 aliphatic heterocycles. The fraction of sp³-hybridized carbons (Fsp3) is 0.370. The Morgan fingerprint density at radius 2 is 1.63 bits per heavy atom. The molecular weight excluding hydrogens is 550 g/mol. The van der Waals surface area contributed by atoms with Crippen LogP contribution >= 0.6 is 0 Å². The third kappa shape index (κ3) is 6.61. The van der Waals surface area contributed by atoms with Crippen LogP contribution in [-0.2, 0) is 14.8 Å². The van der Waals surface area contributed by atoms with E-state index in [4.69, 9.17) is 14.2 Å². The van der Waals surface area contributed by atoms with E-state index in [0.29, 0.717) is 28.6 Å². The van der Waals surface area contributed by atoms with Crippen molar-refractivity contribution in [1.29, 1.82) is 0 Å². The monoisotopic (exact) mass is 583 g/mol. The first-order valence-electron chi connectivity index (χ1n) is 12.7. The van der Waals surface area contributed by atoms with E-state index in [1.54, 1.807) is 43.0 Å². The molecule has 218 valence electrons. The van der Waals surface area contributed by atoms with E-state index in [9.17, 15) is 13.5 Å². The molecule has 41 heavy (non-hydrogen) atoms. The number of aromatic nitrogens is 6. The van der Waals surface area contributed by atoms with Gasteiger partial charge in [-0.05, 0) is 57.0 Å². The molecule has 0 saturated carbocycles. The predicted octanol–water partition coefficient (Wildman–Crippen LogP) is 3.02. The molecule has 0 amide bonds. The Kier molecular flexibility index (Phi) is 9.15. The third-order valence-corrected chi connectivity index (χ3v) is 7.84. The number of aryl methyl sites for hydroxylation is 2. The van der Waals surface area contributed by atoms with Gasteiger partial charge in [-0.1, -0.05) is 6.07 Å². The average Bonchev–Trinajstić information content (AvgIpc) is 3.35. The number of nitrogens with zero attached hydrogens (tertiary/aromatic N) is 6. The zero-order valence-electron chi connectivity index (χ0n) is 23.6. The van der Waals surface area contributed by atoms with Crippen molar-refractivity contribution in [3.05, 3.63) is 66.0 Å². The highest BCUT2D eigenvalue weighted by molar-refractivity contribution is 7.93. The number of pyridine rings is 1. The molecule has 0 saturated heterocycles. The number of ether oxygens (including phenoxy) is 3. The standard InChI is InChI=1S/C27H33N7O6S/c1-16-10-20(14-28-11-16)26-31-32-27(34(26)23-21(38-5)8-7-9-22(23)39-6)33-41(36,37)19(4)24(40-15-18(3)35)25-29-12-17(2)13-30-25/h7-14,18-19,24,35H,15H2,1-6H3,(H,32,33)/t18-,19?,24?/m1/s1. The summed E-state index contributed by atoms with van der Waals surface area (Å²) in [6.45, 7) is 6.58. The summed E-state index contributed by atoms with van der Waals surface area (Å²) in [4.78, 5) is 12.8. The van der Waals surface area contributed by atoms with Crippen molar-refractivity contribution in [1.82, 2.24) is 29.7 Å². The van der Waals surface area contributed by atoms with Crippen LogP contribution in [0.3, 0.4) is 0 Å². The number of hydrogen-bond acceptors (Lipinski definition) is 11. The topological polar surface area (TPSA) is 163 Å². The van der Waals surface area contributed by atoms with Crippen molar-refractivity contribution < 1.29 is 27.7 Å². The van der Waals surface area contributed by atoms with Gasteiger partial charge in [-0.2, -0.15) is 0 Å². The molecule has 0 aliphatic carbocycles. The summed E-state index contributed by atoms with van der Waals surface area (Å²) in [5.74, 6) is 1.14. The van der Waals surface area contributed by atoms with Crippen LogP contribution in [0.25, 0.3) is 17.1 Å². The quantitative estimate of drug-likeness (QED) is 0.252. The minimum atomic E-state index is -4.22. The first kappa shape index (κ1) is 29.8. The van der Waals surface area contributed by atoms with E-state index in [1.165, 1.54) is 32.6 Å². The molecule has 3 heterocycles. The van der Waals surface area contributed by atoms with Crippen LogP contribution in [0.15, 0.2) is 49.1 Å². The smallest absolute Gasteiger partial charge is 0.243 e. The van der Waals surface area contributed by atoms with E-state index in [-0.39, 0.29) is 18.4 Å². The number of aliphatic hydroxyl groups is 1. The molecular formula is C27H33N7O6S. The summed E-state index contributed by atoms with van der Waals surface area (Å²) in [5, 5.41) is 17.1. The van der Waals surface area contributed by atoms with Gasteiger partial charge in [0.15, 0.2) is 11.6 Å². The van der Waals surface area contributed by atoms with Crippen molar-refractivity contribution >= 4 is 16.0 Å². The molecule has 2 unspecified atom stereocenters. The third-order valence-electron chi connectivity index (χ3n) is 6.14. The van der Waals surface area contributed by atoms with Crippen molar-refractivity contribution in [3.63, 3.8) is 0 Å². The Bertz CT molecular complexity index is 1570. The number of rotatable bonds is 12. The molecule has 3 aromatic heterocycles. The summed E-state index contributed by atoms with van der Waals surface area (Å²) in [7, 11) is -1.23. The number of para-hydroxylation sites is 1. The Balaban J connectivity index is 1.83. The maximum atomic E-state index is 13.9. The highest BCUT2D eigenvalue weighted by Crippen LogP contribution is 2.38. The van der Waals surface area contributed by atoms with Gasteiger partial charge in [0.2, 0.25) is 16.0 Å². The zero-order valence-corrected chi connectivity index (χ0v) is 24.5. The van der Waals surface area contributed by atoms with Gasteiger partial charge in [-0.15, -0.1) is 10.2 Å². The van der Waals surface area contributed by atoms with Gasteiger partial charge in [0, 0.05) is 30.4 Å². The molecule has 0 spiro atoms. The van der Waals surface area contributed by atoms with Gasteiger partial charge >= 0.3 is 0 Å². The zero-order chi connectivity index (χ0) is 29.7. The van der Waals surface area contributed by atoms with Gasteiger partial charge < -0.3 is 19.3 Å². The molecule has 0 fully saturated rings. The number of nitrogens with one attached hydrogen (secondary N) is 1. The number of aliphatic hydroxyl groups excluding tert-OH is 1. The van der Waals surface area contributed by atoms with Gasteiger partial charge in [0.05, 0.1) is 26.9 Å². The van der Waals surface area contributed by atoms with Crippen LogP contribution in [0.5, 0.6) is 11.5 Å². The maximum Gasteiger partial charge on any atom is 0.243 e. The fourth-order valence-electron chi connectivity index (χ4n) is 4.07. The van der Waals surface area contributed by atoms with Crippen LogP contribution in [0.1, 0.15) is 36.9 Å². The first-order chi connectivity index (χ1) is 19.6. The molecule has 2 N–H and O–H groups in total. The normalized spacial score (nSPS) is 13.8. The molecule has 0 radical (unpaired) electrons. The van der Waals surface area contributed by atoms with E-state index < -0.39 is 27.5 Å². The second kappa shape index (κ2) is 12.6. The SMILES string of the molecule is COc1cccc(OC)c1-n1c(NS(=O)(=O)C(C)C(OC[C@@H](C)O)c2ncc(C)cn2)nnc1-c1cncc(C)c1. The predicted molar refractivity (Wildman–Crippen MR) is 152 cm³/mol. The highest BCUT2D eigenvalue weighted by Gasteiger charge is 2.36. The van der Waals surface area contributed by atoms with Gasteiger partial charge in [0.1, 0.15) is 28.5 Å². The molecule has 3 atom stereocenters. The van der Waals surface area contributed by atoms with E-state index in [1.807, 2.05) is 19.9 Å². The molecule has 4 aromatic rings. The number of benzene rings is 1. The van der Waals surface area contributed by atoms with Gasteiger partial charge in [-0.3, -0.25) is 14.3 Å². The van der Waals surface area contributed by atoms with Crippen molar-refractivity contribution in [2.75, 3.05) is 25.5 Å². The molecule has 0 aliphatic rings. The van der Waals surface area contributed by atoms with Gasteiger partial charge in [-0.25, -0.2) is 18.4 Å². The van der Waals surface area contributed by atoms with Crippen molar-refractivity contribution in [3.8, 4) is 28.6 Å². The lowest BCUT2D eigenvalue weighted by molar-refractivity contribution is -0.00765. The summed E-state index contributed by atoms with van der Waals surface area (Å²) in [5.41, 5.74) is 2.65. The summed E-state index contributed by atoms with van der Waals surface area (Å²) < 4.78 is 48.8. The lowest BCUT2D eigenvalue weighted by atomic mass is 10.2. The first-order valence-corrected chi connectivity index (χ1v) is 14.3. The van der Waals surface area contributed by atoms with Crippen LogP contribution in [0, 0.1) is 13.8 Å². The van der Waals surface area contributed by atoms with E-state index in [2.05, 4.69) is 29.9 Å². The number of sulfonamides is 1. The second-order valence-corrected chi connectivity index (χ2v) is 11.6. The number of anilines is 1. The van der Waals surface area contributed by atoms with Crippen molar-refractivity contribution in [2.45, 2.75) is 45.2 Å². The lowest BCUT2D eigenvalue weighted by Gasteiger charge is -2.24. The van der Waals surface area contributed by atoms with Crippen LogP contribution in [-0.4, -0.2) is 75.4 Å². The minimum Gasteiger partial charge on any atom is -0.494 e. The lowest BCUT2D eigenvalue weighted by Crippen LogP contribution is -2.35. The number of methoxy groups -OCH3 is 2. The largest absolute Gasteiger partial charge is 0.494 e. The fourth-order valence-corrected chi connectivity index (χ4v) is 5.17.